The van der Waals surface area contributed by atoms with Gasteiger partial charge in [-0.05, 0) is 48.1 Å². The van der Waals surface area contributed by atoms with Crippen LogP contribution in [-0.4, -0.2) is 35.2 Å². The second kappa shape index (κ2) is 7.56. The van der Waals surface area contributed by atoms with Crippen LogP contribution in [0.4, 0.5) is 0 Å². The number of hydrogen-bond acceptors (Lipinski definition) is 5. The molecule has 1 aliphatic rings. The molecule has 0 atom stereocenters. The molecule has 2 heterocycles. The lowest BCUT2D eigenvalue weighted by Gasteiger charge is -2.04. The van der Waals surface area contributed by atoms with Gasteiger partial charge in [0.1, 0.15) is 5.70 Å². The van der Waals surface area contributed by atoms with Crippen LogP contribution < -0.4 is 16.0 Å². The molecule has 0 saturated carbocycles. The second-order valence-electron chi connectivity index (χ2n) is 5.23. The molecule has 6 nitrogen and oxygen atoms in total. The average molecular weight is 373 g/mol. The zero-order chi connectivity index (χ0) is 17.8. The number of thiophene rings is 1. The van der Waals surface area contributed by atoms with Crippen molar-refractivity contribution in [2.75, 3.05) is 13.2 Å². The van der Waals surface area contributed by atoms with E-state index in [1.54, 1.807) is 18.2 Å². The molecule has 0 spiro atoms. The highest BCUT2D eigenvalue weighted by molar-refractivity contribution is 7.80. The van der Waals surface area contributed by atoms with Crippen molar-refractivity contribution in [3.63, 3.8) is 0 Å². The summed E-state index contributed by atoms with van der Waals surface area (Å²) in [5.74, 6) is -0.454. The Hall–Kier alpha value is -2.55. The lowest BCUT2D eigenvalue weighted by atomic mass is 10.1. The molecule has 1 aliphatic heterocycles. The smallest absolute Gasteiger partial charge is 0.273 e. The van der Waals surface area contributed by atoms with Crippen LogP contribution >= 0.6 is 23.6 Å². The zero-order valence-corrected chi connectivity index (χ0v) is 14.7. The molecule has 8 heteroatoms. The summed E-state index contributed by atoms with van der Waals surface area (Å²) in [5.41, 5.74) is 1.94. The molecule has 0 aliphatic carbocycles. The Labute approximate surface area is 153 Å². The molecular formula is C17H15N3O3S2. The first-order chi connectivity index (χ1) is 12.1. The summed E-state index contributed by atoms with van der Waals surface area (Å²) in [4.78, 5) is 25.4. The zero-order valence-electron chi connectivity index (χ0n) is 13.0. The molecule has 0 bridgehead atoms. The van der Waals surface area contributed by atoms with Crippen molar-refractivity contribution in [1.82, 2.24) is 16.0 Å². The molecule has 1 aromatic heterocycles. The topological polar surface area (TPSA) is 90.5 Å². The highest BCUT2D eigenvalue weighted by atomic mass is 32.1. The van der Waals surface area contributed by atoms with E-state index in [9.17, 15) is 9.59 Å². The molecule has 4 N–H and O–H groups in total. The number of aliphatic hydroxyl groups excluding tert-OH is 1. The lowest BCUT2D eigenvalue weighted by molar-refractivity contribution is -0.115. The van der Waals surface area contributed by atoms with E-state index in [1.165, 1.54) is 11.3 Å². The fourth-order valence-corrected chi connectivity index (χ4v) is 3.43. The van der Waals surface area contributed by atoms with Crippen LogP contribution in [0.5, 0.6) is 0 Å². The van der Waals surface area contributed by atoms with E-state index in [1.807, 2.05) is 24.3 Å². The maximum atomic E-state index is 11.8. The first-order valence-electron chi connectivity index (χ1n) is 7.50. The maximum Gasteiger partial charge on any atom is 0.273 e. The van der Waals surface area contributed by atoms with E-state index < -0.39 is 0 Å². The minimum Gasteiger partial charge on any atom is -0.395 e. The molecule has 1 aromatic carbocycles. The van der Waals surface area contributed by atoms with Gasteiger partial charge in [0.05, 0.1) is 6.61 Å². The first kappa shape index (κ1) is 17.3. The molecule has 1 fully saturated rings. The van der Waals surface area contributed by atoms with Crippen molar-refractivity contribution in [1.29, 1.82) is 0 Å². The second-order valence-corrected chi connectivity index (χ2v) is 6.75. The summed E-state index contributed by atoms with van der Waals surface area (Å²) >= 11 is 6.43. The molecular weight excluding hydrogens is 358 g/mol. The number of amides is 2. The predicted molar refractivity (Wildman–Crippen MR) is 101 cm³/mol. The molecule has 0 radical (unpaired) electrons. The Morgan fingerprint density at radius 3 is 2.60 bits per heavy atom. The molecule has 3 rings (SSSR count). The van der Waals surface area contributed by atoms with Gasteiger partial charge in [0.2, 0.25) is 0 Å². The third-order valence-corrected chi connectivity index (χ3v) is 4.75. The third-order valence-electron chi connectivity index (χ3n) is 3.46. The van der Waals surface area contributed by atoms with Gasteiger partial charge in [-0.3, -0.25) is 14.9 Å². The minimum absolute atomic E-state index is 0.0884. The highest BCUT2D eigenvalue weighted by Gasteiger charge is 2.20. The molecule has 25 heavy (non-hydrogen) atoms. The average Bonchev–Trinajstić information content (AvgIpc) is 3.19. The Balaban J connectivity index is 1.74. The first-order valence-corrected chi connectivity index (χ1v) is 8.72. The quantitative estimate of drug-likeness (QED) is 0.471. The lowest BCUT2D eigenvalue weighted by Crippen LogP contribution is -2.26. The minimum atomic E-state index is -0.238. The van der Waals surface area contributed by atoms with E-state index in [4.69, 9.17) is 17.3 Å². The molecule has 2 aromatic rings. The summed E-state index contributed by atoms with van der Waals surface area (Å²) in [5, 5.41) is 17.0. The third kappa shape index (κ3) is 4.11. The summed E-state index contributed by atoms with van der Waals surface area (Å²) in [7, 11) is 0. The van der Waals surface area contributed by atoms with E-state index in [0.717, 1.165) is 15.3 Å². The summed E-state index contributed by atoms with van der Waals surface area (Å²) in [6, 6.07) is 11.1. The van der Waals surface area contributed by atoms with Gasteiger partial charge in [0, 0.05) is 21.9 Å². The molecule has 1 saturated heterocycles. The number of nitrogens with one attached hydrogen (secondary N) is 3. The van der Waals surface area contributed by atoms with Crippen molar-refractivity contribution < 1.29 is 14.7 Å². The van der Waals surface area contributed by atoms with Crippen molar-refractivity contribution >= 4 is 46.6 Å². The number of aliphatic hydroxyl groups is 1. The van der Waals surface area contributed by atoms with Gasteiger partial charge in [-0.1, -0.05) is 12.1 Å². The summed E-state index contributed by atoms with van der Waals surface area (Å²) in [6.45, 7) is 0.142. The van der Waals surface area contributed by atoms with Crippen molar-refractivity contribution in [2.24, 2.45) is 0 Å². The van der Waals surface area contributed by atoms with Gasteiger partial charge in [-0.15, -0.1) is 11.3 Å². The van der Waals surface area contributed by atoms with Gasteiger partial charge in [-0.2, -0.15) is 0 Å². The van der Waals surface area contributed by atoms with Crippen LogP contribution in [-0.2, 0) is 4.79 Å². The van der Waals surface area contributed by atoms with E-state index in [0.29, 0.717) is 16.4 Å². The largest absolute Gasteiger partial charge is 0.395 e. The number of rotatable bonds is 5. The number of thiocarbonyl (C=S) groups is 1. The summed E-state index contributed by atoms with van der Waals surface area (Å²) in [6.07, 6.45) is 1.75. The SMILES string of the molecule is O=C1NC(=S)N/C1=C/c1ccc(-c2ccc(C(=O)NCCO)cc2)s1. The number of carbonyl (C=O) groups excluding carboxylic acids is 2. The van der Waals surface area contributed by atoms with Gasteiger partial charge < -0.3 is 15.7 Å². The van der Waals surface area contributed by atoms with Crippen LogP contribution in [0, 0.1) is 0 Å². The van der Waals surface area contributed by atoms with E-state index in [2.05, 4.69) is 16.0 Å². The van der Waals surface area contributed by atoms with Crippen LogP contribution in [0.25, 0.3) is 16.5 Å². The number of benzene rings is 1. The van der Waals surface area contributed by atoms with Crippen molar-refractivity contribution in [2.45, 2.75) is 0 Å². The fourth-order valence-electron chi connectivity index (χ4n) is 2.27. The van der Waals surface area contributed by atoms with Crippen LogP contribution in [0.2, 0.25) is 0 Å². The Bertz CT molecular complexity index is 856. The van der Waals surface area contributed by atoms with E-state index >= 15 is 0 Å². The summed E-state index contributed by atoms with van der Waals surface area (Å²) < 4.78 is 0. The van der Waals surface area contributed by atoms with Gasteiger partial charge in [-0.25, -0.2) is 0 Å². The normalized spacial score (nSPS) is 15.2. The molecule has 0 unspecified atom stereocenters. The number of carbonyl (C=O) groups is 2. The monoisotopic (exact) mass is 373 g/mol. The van der Waals surface area contributed by atoms with Crippen molar-refractivity contribution in [3.05, 3.63) is 52.5 Å². The van der Waals surface area contributed by atoms with Crippen LogP contribution in [0.1, 0.15) is 15.2 Å². The van der Waals surface area contributed by atoms with Gasteiger partial charge in [0.15, 0.2) is 5.11 Å². The fraction of sp³-hybridized carbons (Fsp3) is 0.118. The van der Waals surface area contributed by atoms with Crippen LogP contribution in [0.3, 0.4) is 0 Å². The van der Waals surface area contributed by atoms with Crippen LogP contribution in [0.15, 0.2) is 42.1 Å². The molecule has 128 valence electrons. The van der Waals surface area contributed by atoms with Gasteiger partial charge in [0.25, 0.3) is 11.8 Å². The Kier molecular flexibility index (Phi) is 5.22. The highest BCUT2D eigenvalue weighted by Crippen LogP contribution is 2.29. The maximum absolute atomic E-state index is 11.8. The predicted octanol–water partition coefficient (Wildman–Crippen LogP) is 1.48. The Morgan fingerprint density at radius 1 is 1.20 bits per heavy atom. The van der Waals surface area contributed by atoms with E-state index in [-0.39, 0.29) is 25.0 Å². The van der Waals surface area contributed by atoms with Gasteiger partial charge >= 0.3 is 0 Å². The van der Waals surface area contributed by atoms with Crippen molar-refractivity contribution in [3.8, 4) is 10.4 Å². The molecule has 2 amide bonds. The number of hydrogen-bond donors (Lipinski definition) is 4. The standard InChI is InChI=1S/C17H15N3O3S2/c21-8-7-18-15(22)11-3-1-10(2-4-11)14-6-5-12(25-14)9-13-16(23)20-17(24)19-13/h1-6,9,21H,7-8H2,(H,18,22)(H2,19,20,23,24)/b13-9+. The Morgan fingerprint density at radius 2 is 1.96 bits per heavy atom.